The third kappa shape index (κ3) is 4.03. The molecule has 3 amide bonds. The van der Waals surface area contributed by atoms with Gasteiger partial charge in [-0.15, -0.1) is 0 Å². The lowest BCUT2D eigenvalue weighted by molar-refractivity contribution is -0.147. The van der Waals surface area contributed by atoms with Gasteiger partial charge in [-0.2, -0.15) is 0 Å². The maximum atomic E-state index is 12.3. The summed E-state index contributed by atoms with van der Waals surface area (Å²) in [5.41, 5.74) is 1.34. The van der Waals surface area contributed by atoms with E-state index in [0.29, 0.717) is 11.1 Å². The molecule has 0 radical (unpaired) electrons. The minimum absolute atomic E-state index is 0.118. The molecule has 0 spiro atoms. The molecule has 7 heteroatoms. The second-order valence-corrected chi connectivity index (χ2v) is 6.10. The van der Waals surface area contributed by atoms with E-state index in [0.717, 1.165) is 10.5 Å². The fraction of sp³-hybridized carbons (Fsp3) is 0.200. The number of carbonyl (C=O) groups excluding carboxylic acids is 4. The van der Waals surface area contributed by atoms with Crippen LogP contribution < -0.4 is 5.32 Å². The van der Waals surface area contributed by atoms with Crippen LogP contribution in [0.15, 0.2) is 54.6 Å². The predicted molar refractivity (Wildman–Crippen MR) is 95.5 cm³/mol. The van der Waals surface area contributed by atoms with E-state index in [2.05, 4.69) is 5.32 Å². The van der Waals surface area contributed by atoms with Crippen LogP contribution in [0.4, 0.5) is 0 Å². The average molecular weight is 366 g/mol. The molecule has 0 aromatic heterocycles. The lowest BCUT2D eigenvalue weighted by Gasteiger charge is -2.19. The van der Waals surface area contributed by atoms with E-state index in [1.165, 1.54) is 6.92 Å². The quantitative estimate of drug-likeness (QED) is 0.624. The van der Waals surface area contributed by atoms with Gasteiger partial charge in [0.2, 0.25) is 5.91 Å². The first-order chi connectivity index (χ1) is 13.0. The van der Waals surface area contributed by atoms with Gasteiger partial charge in [-0.25, -0.2) is 4.90 Å². The summed E-state index contributed by atoms with van der Waals surface area (Å²) in [7, 11) is 0. The Bertz CT molecular complexity index is 859. The van der Waals surface area contributed by atoms with Crippen LogP contribution in [0.25, 0.3) is 0 Å². The molecule has 0 saturated heterocycles. The number of rotatable bonds is 6. The molecule has 0 aliphatic carbocycles. The van der Waals surface area contributed by atoms with Gasteiger partial charge in [0.15, 0.2) is 6.73 Å². The molecule has 7 nitrogen and oxygen atoms in total. The van der Waals surface area contributed by atoms with Gasteiger partial charge in [-0.1, -0.05) is 42.5 Å². The normalized spacial score (nSPS) is 13.9. The molecule has 3 rings (SSSR count). The molecular formula is C20H18N2O5. The Hall–Kier alpha value is -3.48. The van der Waals surface area contributed by atoms with Crippen molar-refractivity contribution in [2.24, 2.45) is 0 Å². The minimum Gasteiger partial charge on any atom is -0.444 e. The van der Waals surface area contributed by atoms with E-state index in [4.69, 9.17) is 4.74 Å². The van der Waals surface area contributed by atoms with Gasteiger partial charge < -0.3 is 10.1 Å². The highest BCUT2D eigenvalue weighted by Crippen LogP contribution is 2.23. The van der Waals surface area contributed by atoms with Gasteiger partial charge in [-0.05, 0) is 17.7 Å². The molecule has 138 valence electrons. The van der Waals surface area contributed by atoms with E-state index in [9.17, 15) is 19.2 Å². The lowest BCUT2D eigenvalue weighted by Crippen LogP contribution is -2.34. The molecule has 1 N–H and O–H groups in total. The summed E-state index contributed by atoms with van der Waals surface area (Å²) >= 11 is 0. The van der Waals surface area contributed by atoms with Gasteiger partial charge >= 0.3 is 5.97 Å². The summed E-state index contributed by atoms with van der Waals surface area (Å²) in [6, 6.07) is 14.9. The number of ether oxygens (including phenoxy) is 1. The monoisotopic (exact) mass is 366 g/mol. The largest absolute Gasteiger partial charge is 0.444 e. The van der Waals surface area contributed by atoms with Gasteiger partial charge in [0.05, 0.1) is 23.6 Å². The fourth-order valence-electron chi connectivity index (χ4n) is 2.90. The zero-order chi connectivity index (χ0) is 19.4. The van der Waals surface area contributed by atoms with Crippen LogP contribution in [-0.2, 0) is 14.3 Å². The predicted octanol–water partition coefficient (Wildman–Crippen LogP) is 2.05. The third-order valence-corrected chi connectivity index (χ3v) is 4.18. The molecule has 0 bridgehead atoms. The van der Waals surface area contributed by atoms with Crippen LogP contribution in [0.2, 0.25) is 0 Å². The highest BCUT2D eigenvalue weighted by Gasteiger charge is 2.35. The zero-order valence-corrected chi connectivity index (χ0v) is 14.7. The second kappa shape index (κ2) is 7.82. The van der Waals surface area contributed by atoms with Crippen molar-refractivity contribution in [3.05, 3.63) is 71.3 Å². The smallest absolute Gasteiger partial charge is 0.309 e. The highest BCUT2D eigenvalue weighted by atomic mass is 16.5. The van der Waals surface area contributed by atoms with E-state index in [-0.39, 0.29) is 12.3 Å². The molecule has 1 heterocycles. The number of imide groups is 1. The van der Waals surface area contributed by atoms with Crippen molar-refractivity contribution >= 4 is 23.7 Å². The van der Waals surface area contributed by atoms with Crippen molar-refractivity contribution in [3.63, 3.8) is 0 Å². The number of nitrogens with one attached hydrogen (secondary N) is 1. The number of amides is 3. The van der Waals surface area contributed by atoms with Crippen molar-refractivity contribution < 1.29 is 23.9 Å². The van der Waals surface area contributed by atoms with Crippen LogP contribution in [0.1, 0.15) is 45.7 Å². The molecule has 27 heavy (non-hydrogen) atoms. The van der Waals surface area contributed by atoms with E-state index in [1.54, 1.807) is 48.5 Å². The topological polar surface area (TPSA) is 92.8 Å². The van der Waals surface area contributed by atoms with Gasteiger partial charge in [0.25, 0.3) is 11.8 Å². The summed E-state index contributed by atoms with van der Waals surface area (Å²) in [4.78, 5) is 49.1. The summed E-state index contributed by atoms with van der Waals surface area (Å²) in [6.45, 7) is 0.896. The molecular weight excluding hydrogens is 348 g/mol. The Balaban J connectivity index is 1.63. The van der Waals surface area contributed by atoms with Gasteiger partial charge in [0, 0.05) is 6.92 Å². The molecule has 0 saturated carbocycles. The van der Waals surface area contributed by atoms with Gasteiger partial charge in [-0.3, -0.25) is 19.2 Å². The Labute approximate surface area is 155 Å². The minimum atomic E-state index is -0.630. The Morgan fingerprint density at radius 1 is 0.963 bits per heavy atom. The number of benzene rings is 2. The van der Waals surface area contributed by atoms with E-state index < -0.39 is 30.6 Å². The number of carbonyl (C=O) groups is 4. The highest BCUT2D eigenvalue weighted by molar-refractivity contribution is 6.21. The number of hydrogen-bond acceptors (Lipinski definition) is 5. The third-order valence-electron chi connectivity index (χ3n) is 4.18. The first kappa shape index (κ1) is 18.3. The lowest BCUT2D eigenvalue weighted by atomic mass is 10.0. The summed E-state index contributed by atoms with van der Waals surface area (Å²) < 4.78 is 5.13. The number of esters is 1. The molecule has 1 atom stereocenters. The molecule has 0 fully saturated rings. The number of hydrogen-bond donors (Lipinski definition) is 1. The second-order valence-electron chi connectivity index (χ2n) is 6.10. The Morgan fingerprint density at radius 3 is 2.07 bits per heavy atom. The number of nitrogens with zero attached hydrogens (tertiary/aromatic N) is 1. The molecule has 1 aliphatic heterocycles. The van der Waals surface area contributed by atoms with Crippen LogP contribution in [0.5, 0.6) is 0 Å². The Morgan fingerprint density at radius 2 is 1.52 bits per heavy atom. The van der Waals surface area contributed by atoms with Crippen molar-refractivity contribution in [1.82, 2.24) is 10.2 Å². The fourth-order valence-corrected chi connectivity index (χ4v) is 2.90. The number of fused-ring (bicyclic) bond motifs is 1. The summed E-state index contributed by atoms with van der Waals surface area (Å²) in [5.74, 6) is -1.90. The first-order valence-corrected chi connectivity index (χ1v) is 8.40. The molecule has 1 aliphatic rings. The summed E-state index contributed by atoms with van der Waals surface area (Å²) in [6.07, 6.45) is -0.118. The van der Waals surface area contributed by atoms with E-state index >= 15 is 0 Å². The van der Waals surface area contributed by atoms with Crippen LogP contribution in [0, 0.1) is 0 Å². The maximum absolute atomic E-state index is 12.3. The van der Waals surface area contributed by atoms with Crippen molar-refractivity contribution in [2.75, 3.05) is 6.73 Å². The van der Waals surface area contributed by atoms with Crippen LogP contribution >= 0.6 is 0 Å². The van der Waals surface area contributed by atoms with Crippen molar-refractivity contribution in [1.29, 1.82) is 0 Å². The maximum Gasteiger partial charge on any atom is 0.309 e. The van der Waals surface area contributed by atoms with Crippen molar-refractivity contribution in [3.8, 4) is 0 Å². The first-order valence-electron chi connectivity index (χ1n) is 8.40. The molecule has 2 aromatic rings. The van der Waals surface area contributed by atoms with E-state index in [1.807, 2.05) is 6.07 Å². The SMILES string of the molecule is CC(=O)N[C@@H](CC(=O)OCN1C(=O)c2ccccc2C1=O)c1ccccc1. The molecule has 0 unspecified atom stereocenters. The van der Waals surface area contributed by atoms with Crippen molar-refractivity contribution in [2.45, 2.75) is 19.4 Å². The zero-order valence-electron chi connectivity index (χ0n) is 14.7. The van der Waals surface area contributed by atoms with Crippen LogP contribution in [0.3, 0.4) is 0 Å². The standard InChI is InChI=1S/C20H18N2O5/c1-13(23)21-17(14-7-3-2-4-8-14)11-18(24)27-12-22-19(25)15-9-5-6-10-16(15)20(22)26/h2-10,17H,11-12H2,1H3,(H,21,23)/t17-/m0/s1. The average Bonchev–Trinajstić information content (AvgIpc) is 2.91. The van der Waals surface area contributed by atoms with Gasteiger partial charge in [0.1, 0.15) is 0 Å². The van der Waals surface area contributed by atoms with Crippen LogP contribution in [-0.4, -0.2) is 35.3 Å². The summed E-state index contributed by atoms with van der Waals surface area (Å²) in [5, 5.41) is 2.70. The Kier molecular flexibility index (Phi) is 5.30. The molecule has 2 aromatic carbocycles.